The number of nitrogens with zero attached hydrogens (tertiary/aromatic N) is 3. The lowest BCUT2D eigenvalue weighted by atomic mass is 10.2. The Morgan fingerprint density at radius 3 is 2.16 bits per heavy atom. The summed E-state index contributed by atoms with van der Waals surface area (Å²) >= 11 is 1.36. The van der Waals surface area contributed by atoms with Gasteiger partial charge in [-0.05, 0) is 70.9 Å². The molecule has 5 rings (SSSR count). The van der Waals surface area contributed by atoms with Crippen LogP contribution in [-0.4, -0.2) is 20.9 Å². The van der Waals surface area contributed by atoms with Gasteiger partial charge < -0.3 is 4.74 Å². The minimum atomic E-state index is -0.428. The van der Waals surface area contributed by atoms with E-state index in [1.54, 1.807) is 17.0 Å². The van der Waals surface area contributed by atoms with Crippen molar-refractivity contribution in [2.75, 3.05) is 0 Å². The molecule has 0 N–H and O–H groups in total. The van der Waals surface area contributed by atoms with Crippen molar-refractivity contribution < 1.29 is 14.5 Å². The highest BCUT2D eigenvalue weighted by molar-refractivity contribution is 8.18. The Morgan fingerprint density at radius 1 is 0.842 bits per heavy atom. The van der Waals surface area contributed by atoms with Crippen LogP contribution in [-0.2, 0) is 17.9 Å². The third-order valence-corrected chi connectivity index (χ3v) is 6.79. The number of carbonyl (C=O) groups is 1. The van der Waals surface area contributed by atoms with E-state index in [0.717, 1.165) is 22.4 Å². The van der Waals surface area contributed by atoms with Crippen molar-refractivity contribution in [1.29, 1.82) is 0 Å². The van der Waals surface area contributed by atoms with E-state index in [-0.39, 0.29) is 11.6 Å². The van der Waals surface area contributed by atoms with Crippen LogP contribution in [0.15, 0.2) is 119 Å². The lowest BCUT2D eigenvalue weighted by Gasteiger charge is -2.15. The summed E-state index contributed by atoms with van der Waals surface area (Å²) in [5, 5.41) is 11.4. The molecule has 1 amide bonds. The van der Waals surface area contributed by atoms with Gasteiger partial charge in [-0.15, -0.1) is 0 Å². The zero-order chi connectivity index (χ0) is 26.3. The van der Waals surface area contributed by atoms with Crippen LogP contribution in [0.4, 0.5) is 11.4 Å². The third-order valence-electron chi connectivity index (χ3n) is 5.78. The highest BCUT2D eigenvalue weighted by Gasteiger charge is 2.33. The average Bonchev–Trinajstić information content (AvgIpc) is 3.22. The molecule has 1 aliphatic heterocycles. The zero-order valence-corrected chi connectivity index (χ0v) is 21.1. The van der Waals surface area contributed by atoms with Crippen molar-refractivity contribution in [3.63, 3.8) is 0 Å². The molecule has 0 aromatic heterocycles. The van der Waals surface area contributed by atoms with Crippen LogP contribution in [0, 0.1) is 10.1 Å². The highest BCUT2D eigenvalue weighted by atomic mass is 32.2. The highest BCUT2D eigenvalue weighted by Crippen LogP contribution is 2.35. The average molecular weight is 522 g/mol. The number of hydrogen-bond donors (Lipinski definition) is 0. The van der Waals surface area contributed by atoms with E-state index < -0.39 is 4.92 Å². The van der Waals surface area contributed by atoms with Gasteiger partial charge >= 0.3 is 0 Å². The van der Waals surface area contributed by atoms with Crippen molar-refractivity contribution in [2.24, 2.45) is 4.99 Å². The first kappa shape index (κ1) is 25.0. The number of thioether (sulfide) groups is 1. The van der Waals surface area contributed by atoms with Crippen LogP contribution in [0.1, 0.15) is 16.7 Å². The molecular weight excluding hydrogens is 498 g/mol. The Kier molecular flexibility index (Phi) is 7.61. The number of ether oxygens (including phenoxy) is 1. The molecule has 188 valence electrons. The van der Waals surface area contributed by atoms with Crippen LogP contribution in [0.25, 0.3) is 6.08 Å². The lowest BCUT2D eigenvalue weighted by molar-refractivity contribution is -0.384. The van der Waals surface area contributed by atoms with Crippen molar-refractivity contribution in [2.45, 2.75) is 13.2 Å². The number of rotatable bonds is 8. The van der Waals surface area contributed by atoms with E-state index in [0.29, 0.717) is 29.0 Å². The Bertz CT molecular complexity index is 1490. The van der Waals surface area contributed by atoms with Gasteiger partial charge in [-0.3, -0.25) is 19.8 Å². The van der Waals surface area contributed by atoms with E-state index in [1.165, 1.54) is 23.9 Å². The Morgan fingerprint density at radius 2 is 1.50 bits per heavy atom. The van der Waals surface area contributed by atoms with Gasteiger partial charge in [0.25, 0.3) is 11.6 Å². The molecule has 1 saturated heterocycles. The SMILES string of the molecule is O=C1/C(=C\c2ccc(OCc3ccc([N+](=O)[O-])cc3)cc2)SC(=Nc2ccccc2)N1Cc1ccccc1. The second-order valence-electron chi connectivity index (χ2n) is 8.50. The molecule has 0 bridgehead atoms. The summed E-state index contributed by atoms with van der Waals surface area (Å²) in [6.07, 6.45) is 1.86. The van der Waals surface area contributed by atoms with Gasteiger partial charge in [0, 0.05) is 12.1 Å². The van der Waals surface area contributed by atoms with Crippen LogP contribution in [0.2, 0.25) is 0 Å². The number of hydrogen-bond acceptors (Lipinski definition) is 6. The first-order valence-corrected chi connectivity index (χ1v) is 12.7. The number of nitro groups is 1. The molecule has 4 aromatic carbocycles. The molecule has 38 heavy (non-hydrogen) atoms. The minimum Gasteiger partial charge on any atom is -0.489 e. The first-order valence-electron chi connectivity index (χ1n) is 11.9. The Balaban J connectivity index is 1.31. The second kappa shape index (κ2) is 11.6. The topological polar surface area (TPSA) is 85.0 Å². The molecule has 1 fully saturated rings. The van der Waals surface area contributed by atoms with E-state index >= 15 is 0 Å². The summed E-state index contributed by atoms with van der Waals surface area (Å²) < 4.78 is 5.82. The van der Waals surface area contributed by atoms with Crippen molar-refractivity contribution in [3.8, 4) is 5.75 Å². The van der Waals surface area contributed by atoms with Gasteiger partial charge in [-0.1, -0.05) is 60.7 Å². The van der Waals surface area contributed by atoms with Gasteiger partial charge in [-0.2, -0.15) is 0 Å². The summed E-state index contributed by atoms with van der Waals surface area (Å²) in [6.45, 7) is 0.728. The molecule has 0 unspecified atom stereocenters. The van der Waals surface area contributed by atoms with Crippen molar-refractivity contribution >= 4 is 40.3 Å². The maximum atomic E-state index is 13.4. The number of benzene rings is 4. The Hall–Kier alpha value is -4.69. The molecule has 1 heterocycles. The van der Waals surface area contributed by atoms with Crippen molar-refractivity contribution in [1.82, 2.24) is 4.90 Å². The zero-order valence-electron chi connectivity index (χ0n) is 20.3. The summed E-state index contributed by atoms with van der Waals surface area (Å²) in [6, 6.07) is 33.2. The molecule has 0 aliphatic carbocycles. The molecule has 0 radical (unpaired) electrons. The number of non-ortho nitro benzene ring substituents is 1. The second-order valence-corrected chi connectivity index (χ2v) is 9.51. The number of amides is 1. The number of aliphatic imine (C=N–C) groups is 1. The molecule has 4 aromatic rings. The molecule has 1 aliphatic rings. The maximum Gasteiger partial charge on any atom is 0.269 e. The largest absolute Gasteiger partial charge is 0.489 e. The van der Waals surface area contributed by atoms with Gasteiger partial charge in [0.2, 0.25) is 0 Å². The minimum absolute atomic E-state index is 0.0461. The Labute approximate surface area is 224 Å². The molecule has 0 atom stereocenters. The van der Waals surface area contributed by atoms with E-state index in [2.05, 4.69) is 0 Å². The number of carbonyl (C=O) groups excluding carboxylic acids is 1. The normalized spacial score (nSPS) is 15.3. The molecule has 0 spiro atoms. The fourth-order valence-electron chi connectivity index (χ4n) is 3.80. The summed E-state index contributed by atoms with van der Waals surface area (Å²) in [7, 11) is 0. The van der Waals surface area contributed by atoms with Gasteiger partial charge in [-0.25, -0.2) is 4.99 Å². The van der Waals surface area contributed by atoms with Crippen LogP contribution >= 0.6 is 11.8 Å². The van der Waals surface area contributed by atoms with Crippen LogP contribution in [0.5, 0.6) is 5.75 Å². The number of amidine groups is 1. The van der Waals surface area contributed by atoms with Crippen LogP contribution in [0.3, 0.4) is 0 Å². The predicted molar refractivity (Wildman–Crippen MR) is 150 cm³/mol. The maximum absolute atomic E-state index is 13.4. The first-order chi connectivity index (χ1) is 18.5. The molecule has 7 nitrogen and oxygen atoms in total. The fraction of sp³-hybridized carbons (Fsp3) is 0.0667. The standard InChI is InChI=1S/C30H23N3O4S/c34-29-28(19-22-13-17-27(18-14-22)37-21-24-11-15-26(16-12-24)33(35)36)38-30(31-25-9-5-2-6-10-25)32(29)20-23-7-3-1-4-8-23/h1-19H,20-21H2/b28-19+,31-30?. The lowest BCUT2D eigenvalue weighted by Crippen LogP contribution is -2.28. The summed E-state index contributed by atoms with van der Waals surface area (Å²) in [5.41, 5.74) is 3.56. The van der Waals surface area contributed by atoms with E-state index in [9.17, 15) is 14.9 Å². The fourth-order valence-corrected chi connectivity index (χ4v) is 4.80. The van der Waals surface area contributed by atoms with E-state index in [4.69, 9.17) is 9.73 Å². The van der Waals surface area contributed by atoms with Gasteiger partial charge in [0.15, 0.2) is 5.17 Å². The van der Waals surface area contributed by atoms with Gasteiger partial charge in [0.05, 0.1) is 22.1 Å². The molecular formula is C30H23N3O4S. The number of nitro benzene ring substituents is 1. The monoisotopic (exact) mass is 521 g/mol. The quantitative estimate of drug-likeness (QED) is 0.142. The molecule has 0 saturated carbocycles. The van der Waals surface area contributed by atoms with Gasteiger partial charge in [0.1, 0.15) is 12.4 Å². The molecule has 8 heteroatoms. The summed E-state index contributed by atoms with van der Waals surface area (Å²) in [4.78, 5) is 30.8. The van der Waals surface area contributed by atoms with Crippen molar-refractivity contribution in [3.05, 3.63) is 141 Å². The van der Waals surface area contributed by atoms with E-state index in [1.807, 2.05) is 91.0 Å². The third kappa shape index (κ3) is 6.16. The number of para-hydroxylation sites is 1. The predicted octanol–water partition coefficient (Wildman–Crippen LogP) is 6.98. The smallest absolute Gasteiger partial charge is 0.269 e. The summed E-state index contributed by atoms with van der Waals surface area (Å²) in [5.74, 6) is 0.569. The van der Waals surface area contributed by atoms with Crippen LogP contribution < -0.4 is 4.74 Å².